The Kier molecular flexibility index (Phi) is 5.97. The van der Waals surface area contributed by atoms with Crippen LogP contribution in [0.2, 0.25) is 0 Å². The fraction of sp³-hybridized carbons (Fsp3) is 0.227. The molecule has 0 amide bonds. The van der Waals surface area contributed by atoms with E-state index in [-0.39, 0.29) is 11.1 Å². The van der Waals surface area contributed by atoms with E-state index in [2.05, 4.69) is 4.98 Å². The topological polar surface area (TPSA) is 90.1 Å². The van der Waals surface area contributed by atoms with Crippen molar-refractivity contribution >= 4 is 23.8 Å². The van der Waals surface area contributed by atoms with E-state index in [9.17, 15) is 9.59 Å². The van der Waals surface area contributed by atoms with Gasteiger partial charge in [-0.2, -0.15) is 0 Å². The van der Waals surface area contributed by atoms with Gasteiger partial charge >= 0.3 is 5.97 Å². The van der Waals surface area contributed by atoms with E-state index in [4.69, 9.17) is 14.6 Å². The summed E-state index contributed by atoms with van der Waals surface area (Å²) in [4.78, 5) is 28.6. The third kappa shape index (κ3) is 4.13. The molecule has 0 radical (unpaired) electrons. The second-order valence-electron chi connectivity index (χ2n) is 6.26. The Hall–Kier alpha value is -3.61. The summed E-state index contributed by atoms with van der Waals surface area (Å²) in [5.41, 5.74) is 1.97. The minimum absolute atomic E-state index is 0.0319. The standard InChI is InChI=1S/C22H22N2O5/c1-4-17-18(9-6-14-12-16(28-3)8-10-19(14)29-5-2)23-20-11-7-15(22(26)27)13-24(20)21(17)25/h6-13H,4-5H2,1-3H3,(H,26,27). The van der Waals surface area contributed by atoms with Crippen molar-refractivity contribution in [3.63, 3.8) is 0 Å². The van der Waals surface area contributed by atoms with Crippen LogP contribution in [-0.4, -0.2) is 34.2 Å². The van der Waals surface area contributed by atoms with Gasteiger partial charge in [0.1, 0.15) is 17.1 Å². The van der Waals surface area contributed by atoms with Crippen LogP contribution in [0.15, 0.2) is 41.3 Å². The minimum Gasteiger partial charge on any atom is -0.497 e. The first-order chi connectivity index (χ1) is 14.0. The molecule has 2 aromatic heterocycles. The molecule has 0 aliphatic rings. The van der Waals surface area contributed by atoms with Crippen LogP contribution in [0, 0.1) is 0 Å². The summed E-state index contributed by atoms with van der Waals surface area (Å²) >= 11 is 0. The van der Waals surface area contributed by atoms with Crippen LogP contribution in [0.4, 0.5) is 0 Å². The van der Waals surface area contributed by atoms with Crippen molar-refractivity contribution in [1.29, 1.82) is 0 Å². The van der Waals surface area contributed by atoms with Gasteiger partial charge in [0.25, 0.3) is 5.56 Å². The number of nitrogens with zero attached hydrogens (tertiary/aromatic N) is 2. The molecular formula is C22H22N2O5. The first-order valence-electron chi connectivity index (χ1n) is 9.26. The number of hydrogen-bond donors (Lipinski definition) is 1. The van der Waals surface area contributed by atoms with Crippen LogP contribution in [0.1, 0.15) is 41.0 Å². The van der Waals surface area contributed by atoms with Crippen LogP contribution in [-0.2, 0) is 6.42 Å². The molecule has 7 nitrogen and oxygen atoms in total. The fourth-order valence-electron chi connectivity index (χ4n) is 3.03. The summed E-state index contributed by atoms with van der Waals surface area (Å²) in [6.07, 6.45) is 5.36. The summed E-state index contributed by atoms with van der Waals surface area (Å²) in [6, 6.07) is 8.46. The Balaban J connectivity index is 2.12. The molecular weight excluding hydrogens is 372 g/mol. The van der Waals surface area contributed by atoms with Crippen LogP contribution in [0.3, 0.4) is 0 Å². The van der Waals surface area contributed by atoms with Crippen molar-refractivity contribution in [2.75, 3.05) is 13.7 Å². The molecule has 0 saturated heterocycles. The van der Waals surface area contributed by atoms with E-state index < -0.39 is 5.97 Å². The predicted molar refractivity (Wildman–Crippen MR) is 111 cm³/mol. The monoisotopic (exact) mass is 394 g/mol. The van der Waals surface area contributed by atoms with E-state index in [0.717, 1.165) is 5.56 Å². The highest BCUT2D eigenvalue weighted by atomic mass is 16.5. The maximum absolute atomic E-state index is 12.9. The van der Waals surface area contributed by atoms with Gasteiger partial charge in [0.05, 0.1) is 25.0 Å². The number of hydrogen-bond acceptors (Lipinski definition) is 5. The average molecular weight is 394 g/mol. The Labute approximate surface area is 167 Å². The van der Waals surface area contributed by atoms with Gasteiger partial charge < -0.3 is 14.6 Å². The summed E-state index contributed by atoms with van der Waals surface area (Å²) in [7, 11) is 1.59. The quantitative estimate of drug-likeness (QED) is 0.659. The SMILES string of the molecule is CCOc1ccc(OC)cc1C=Cc1nc2ccc(C(=O)O)cn2c(=O)c1CC. The maximum atomic E-state index is 12.9. The van der Waals surface area contributed by atoms with Gasteiger partial charge in [-0.1, -0.05) is 6.92 Å². The first-order valence-corrected chi connectivity index (χ1v) is 9.26. The number of rotatable bonds is 7. The lowest BCUT2D eigenvalue weighted by atomic mass is 10.1. The summed E-state index contributed by atoms with van der Waals surface area (Å²) in [5.74, 6) is 0.296. The predicted octanol–water partition coefficient (Wildman–Crippen LogP) is 3.53. The smallest absolute Gasteiger partial charge is 0.337 e. The molecule has 0 spiro atoms. The van der Waals surface area contributed by atoms with Gasteiger partial charge in [-0.3, -0.25) is 9.20 Å². The van der Waals surface area contributed by atoms with Crippen LogP contribution in [0.25, 0.3) is 17.8 Å². The Morgan fingerprint density at radius 1 is 1.21 bits per heavy atom. The number of benzene rings is 1. The molecule has 0 bridgehead atoms. The molecule has 0 saturated carbocycles. The second kappa shape index (κ2) is 8.60. The highest BCUT2D eigenvalue weighted by molar-refractivity contribution is 5.87. The minimum atomic E-state index is -1.10. The molecule has 150 valence electrons. The molecule has 0 unspecified atom stereocenters. The largest absolute Gasteiger partial charge is 0.497 e. The van der Waals surface area contributed by atoms with Crippen LogP contribution >= 0.6 is 0 Å². The maximum Gasteiger partial charge on any atom is 0.337 e. The average Bonchev–Trinajstić information content (AvgIpc) is 2.73. The highest BCUT2D eigenvalue weighted by Gasteiger charge is 2.12. The normalized spacial score (nSPS) is 11.1. The first kappa shape index (κ1) is 20.1. The van der Waals surface area contributed by atoms with Crippen LogP contribution in [0.5, 0.6) is 11.5 Å². The molecule has 0 aliphatic heterocycles. The Bertz CT molecular complexity index is 1150. The van der Waals surface area contributed by atoms with Crippen molar-refractivity contribution in [3.8, 4) is 11.5 Å². The lowest BCUT2D eigenvalue weighted by molar-refractivity contribution is 0.0696. The highest BCUT2D eigenvalue weighted by Crippen LogP contribution is 2.26. The number of pyridine rings is 1. The van der Waals surface area contributed by atoms with Crippen molar-refractivity contribution in [2.24, 2.45) is 0 Å². The molecule has 1 aromatic carbocycles. The number of ether oxygens (including phenoxy) is 2. The van der Waals surface area contributed by atoms with Gasteiger partial charge in [-0.15, -0.1) is 0 Å². The lowest BCUT2D eigenvalue weighted by Gasteiger charge is -2.10. The molecule has 7 heteroatoms. The summed E-state index contributed by atoms with van der Waals surface area (Å²) < 4.78 is 12.2. The molecule has 0 aliphatic carbocycles. The molecule has 3 aromatic rings. The van der Waals surface area contributed by atoms with Gasteiger partial charge in [0.15, 0.2) is 0 Å². The molecule has 2 heterocycles. The fourth-order valence-corrected chi connectivity index (χ4v) is 3.03. The number of carboxylic acids is 1. The molecule has 3 rings (SSSR count). The number of fused-ring (bicyclic) bond motifs is 1. The van der Waals surface area contributed by atoms with Crippen molar-refractivity contribution in [3.05, 3.63) is 69.3 Å². The van der Waals surface area contributed by atoms with Crippen molar-refractivity contribution in [1.82, 2.24) is 9.38 Å². The van der Waals surface area contributed by atoms with Crippen molar-refractivity contribution in [2.45, 2.75) is 20.3 Å². The lowest BCUT2D eigenvalue weighted by Crippen LogP contribution is -2.22. The number of carbonyl (C=O) groups is 1. The van der Waals surface area contributed by atoms with Gasteiger partial charge in [0.2, 0.25) is 0 Å². The third-order valence-corrected chi connectivity index (χ3v) is 4.49. The zero-order valence-corrected chi connectivity index (χ0v) is 16.5. The van der Waals surface area contributed by atoms with Crippen molar-refractivity contribution < 1.29 is 19.4 Å². The zero-order valence-electron chi connectivity index (χ0n) is 16.5. The molecule has 1 N–H and O–H groups in total. The summed E-state index contributed by atoms with van der Waals surface area (Å²) in [6.45, 7) is 4.29. The number of methoxy groups -OCH3 is 1. The van der Waals surface area contributed by atoms with Gasteiger partial charge in [-0.25, -0.2) is 9.78 Å². The Morgan fingerprint density at radius 2 is 2.00 bits per heavy atom. The van der Waals surface area contributed by atoms with E-state index in [1.54, 1.807) is 13.2 Å². The van der Waals surface area contributed by atoms with E-state index in [1.165, 1.54) is 22.7 Å². The summed E-state index contributed by atoms with van der Waals surface area (Å²) in [5, 5.41) is 9.17. The third-order valence-electron chi connectivity index (χ3n) is 4.49. The van der Waals surface area contributed by atoms with Gasteiger partial charge in [0, 0.05) is 17.3 Å². The number of carboxylic acid groups (broad SMARTS) is 1. The second-order valence-corrected chi connectivity index (χ2v) is 6.26. The number of aromatic carboxylic acids is 1. The molecule has 0 fully saturated rings. The number of aromatic nitrogens is 2. The van der Waals surface area contributed by atoms with Crippen LogP contribution < -0.4 is 15.0 Å². The zero-order chi connectivity index (χ0) is 21.0. The van der Waals surface area contributed by atoms with E-state index in [1.807, 2.05) is 38.1 Å². The molecule has 29 heavy (non-hydrogen) atoms. The molecule has 0 atom stereocenters. The van der Waals surface area contributed by atoms with Gasteiger partial charge in [-0.05, 0) is 55.8 Å². The van der Waals surface area contributed by atoms with E-state index >= 15 is 0 Å². The van der Waals surface area contributed by atoms with E-state index in [0.29, 0.717) is 41.4 Å². The Morgan fingerprint density at radius 3 is 2.66 bits per heavy atom.